The van der Waals surface area contributed by atoms with Gasteiger partial charge in [0.2, 0.25) is 0 Å². The number of Topliss-reactive ketones (excluding diaryl/α,β-unsaturated/α-hetero) is 1. The largest absolute Gasteiger partial charge is 0.393 e. The zero-order valence-corrected chi connectivity index (χ0v) is 20.1. The number of aliphatic hydroxyl groups excluding tert-OH is 1. The molecule has 0 bridgehead atoms. The molecule has 4 rings (SSSR count). The van der Waals surface area contributed by atoms with Crippen LogP contribution in [0.1, 0.15) is 105 Å². The average Bonchev–Trinajstić information content (AvgIpc) is 3.00. The quantitative estimate of drug-likeness (QED) is 0.596. The molecule has 0 aromatic carbocycles. The van der Waals surface area contributed by atoms with Crippen LogP contribution in [0.3, 0.4) is 0 Å². The molecule has 0 aromatic heterocycles. The van der Waals surface area contributed by atoms with Crippen molar-refractivity contribution in [1.82, 2.24) is 0 Å². The van der Waals surface area contributed by atoms with E-state index in [1.54, 1.807) is 0 Å². The van der Waals surface area contributed by atoms with Gasteiger partial charge < -0.3 is 10.2 Å². The summed E-state index contributed by atoms with van der Waals surface area (Å²) in [5.74, 6) is 3.50. The monoisotopic (exact) mass is 418 g/mol. The van der Waals surface area contributed by atoms with Crippen LogP contribution < -0.4 is 0 Å². The zero-order chi connectivity index (χ0) is 21.9. The minimum atomic E-state index is -1.00. The lowest BCUT2D eigenvalue weighted by molar-refractivity contribution is -0.215. The summed E-state index contributed by atoms with van der Waals surface area (Å²) >= 11 is 0. The fraction of sp³-hybridized carbons (Fsp3) is 0.963. The molecule has 0 amide bonds. The molecule has 30 heavy (non-hydrogen) atoms. The fourth-order valence-corrected chi connectivity index (χ4v) is 8.96. The standard InChI is InChI=1S/C27H46O3/c1-17(2)7-6-8-18(3)20-9-10-21-24-22(12-13-25(20,21)4)26(5)14-11-19(28)15-27(26,30)16-23(24)29/h17-22,24,28,30H,6-16H2,1-5H3/t18-,19?,20-,21+,22+,24?,25-,26-,27?/m1/s1. The summed E-state index contributed by atoms with van der Waals surface area (Å²) in [5.41, 5.74) is -0.931. The Bertz CT molecular complexity index is 658. The van der Waals surface area contributed by atoms with Crippen molar-refractivity contribution in [3.8, 4) is 0 Å². The third kappa shape index (κ3) is 3.41. The molecule has 172 valence electrons. The Kier molecular flexibility index (Phi) is 5.97. The zero-order valence-electron chi connectivity index (χ0n) is 20.1. The van der Waals surface area contributed by atoms with E-state index < -0.39 is 11.7 Å². The van der Waals surface area contributed by atoms with Crippen LogP contribution in [0.2, 0.25) is 0 Å². The molecule has 4 aliphatic rings. The van der Waals surface area contributed by atoms with Gasteiger partial charge in [0.25, 0.3) is 0 Å². The van der Waals surface area contributed by atoms with Gasteiger partial charge in [0.15, 0.2) is 0 Å². The lowest BCUT2D eigenvalue weighted by Crippen LogP contribution is -2.65. The van der Waals surface area contributed by atoms with E-state index in [4.69, 9.17) is 0 Å². The van der Waals surface area contributed by atoms with Gasteiger partial charge in [-0.05, 0) is 73.5 Å². The van der Waals surface area contributed by atoms with E-state index in [1.165, 1.54) is 38.5 Å². The molecule has 0 aromatic rings. The summed E-state index contributed by atoms with van der Waals surface area (Å²) in [5, 5.41) is 21.8. The highest BCUT2D eigenvalue weighted by molar-refractivity contribution is 5.84. The minimum absolute atomic E-state index is 0.136. The molecule has 4 aliphatic carbocycles. The molecule has 0 aliphatic heterocycles. The number of carbonyl (C=O) groups excluding carboxylic acids is 1. The van der Waals surface area contributed by atoms with E-state index in [9.17, 15) is 15.0 Å². The van der Waals surface area contributed by atoms with Gasteiger partial charge in [0.1, 0.15) is 5.78 Å². The molecular formula is C27H46O3. The Morgan fingerprint density at radius 1 is 1.00 bits per heavy atom. The third-order valence-electron chi connectivity index (χ3n) is 10.8. The van der Waals surface area contributed by atoms with Crippen molar-refractivity contribution in [3.63, 3.8) is 0 Å². The normalized spacial score (nSPS) is 49.5. The minimum Gasteiger partial charge on any atom is -0.393 e. The summed E-state index contributed by atoms with van der Waals surface area (Å²) in [6.45, 7) is 11.9. The summed E-state index contributed by atoms with van der Waals surface area (Å²) in [7, 11) is 0. The predicted molar refractivity (Wildman–Crippen MR) is 121 cm³/mol. The Morgan fingerprint density at radius 3 is 2.43 bits per heavy atom. The molecule has 0 radical (unpaired) electrons. The van der Waals surface area contributed by atoms with Crippen LogP contribution in [0.4, 0.5) is 0 Å². The second-order valence-corrected chi connectivity index (χ2v) is 12.8. The van der Waals surface area contributed by atoms with Gasteiger partial charge in [0.05, 0.1) is 11.7 Å². The third-order valence-corrected chi connectivity index (χ3v) is 10.8. The first kappa shape index (κ1) is 22.8. The summed E-state index contributed by atoms with van der Waals surface area (Å²) in [4.78, 5) is 13.5. The van der Waals surface area contributed by atoms with Crippen molar-refractivity contribution < 1.29 is 15.0 Å². The lowest BCUT2D eigenvalue weighted by atomic mass is 9.42. The number of aliphatic hydroxyl groups is 2. The maximum atomic E-state index is 13.5. The van der Waals surface area contributed by atoms with Gasteiger partial charge in [-0.25, -0.2) is 0 Å². The van der Waals surface area contributed by atoms with Crippen molar-refractivity contribution >= 4 is 5.78 Å². The topological polar surface area (TPSA) is 57.5 Å². The summed E-state index contributed by atoms with van der Waals surface area (Å²) < 4.78 is 0. The molecule has 2 N–H and O–H groups in total. The maximum Gasteiger partial charge on any atom is 0.139 e. The first-order valence-electron chi connectivity index (χ1n) is 12.9. The van der Waals surface area contributed by atoms with Crippen LogP contribution in [0.15, 0.2) is 0 Å². The predicted octanol–water partition coefficient (Wildman–Crippen LogP) is 5.76. The van der Waals surface area contributed by atoms with Gasteiger partial charge in [0, 0.05) is 24.2 Å². The molecule has 4 fully saturated rings. The number of carbonyl (C=O) groups is 1. The molecule has 9 atom stereocenters. The number of fused-ring (bicyclic) bond motifs is 5. The van der Waals surface area contributed by atoms with Gasteiger partial charge in [-0.3, -0.25) is 4.79 Å². The van der Waals surface area contributed by atoms with Crippen molar-refractivity contribution in [2.75, 3.05) is 0 Å². The SMILES string of the molecule is CC(C)CCC[C@@H](C)[C@H]1CC[C@H]2C3C(=O)CC4(O)CC(O)CC[C@]4(C)[C@H]3CC[C@]12C. The number of rotatable bonds is 5. The highest BCUT2D eigenvalue weighted by Gasteiger charge is 2.67. The first-order valence-corrected chi connectivity index (χ1v) is 12.9. The van der Waals surface area contributed by atoms with Crippen molar-refractivity contribution in [2.24, 2.45) is 46.3 Å². The molecule has 3 heteroatoms. The Hall–Kier alpha value is -0.410. The summed E-state index contributed by atoms with van der Waals surface area (Å²) in [6.07, 6.45) is 10.6. The number of hydrogen-bond acceptors (Lipinski definition) is 3. The smallest absolute Gasteiger partial charge is 0.139 e. The number of ketones is 1. The summed E-state index contributed by atoms with van der Waals surface area (Å²) in [6, 6.07) is 0. The Balaban J connectivity index is 1.55. The molecule has 0 spiro atoms. The van der Waals surface area contributed by atoms with Crippen molar-refractivity contribution in [3.05, 3.63) is 0 Å². The van der Waals surface area contributed by atoms with Gasteiger partial charge in [-0.1, -0.05) is 53.9 Å². The molecular weight excluding hydrogens is 372 g/mol. The molecule has 3 unspecified atom stereocenters. The van der Waals surface area contributed by atoms with Crippen LogP contribution in [0.25, 0.3) is 0 Å². The number of hydrogen-bond donors (Lipinski definition) is 2. The fourth-order valence-electron chi connectivity index (χ4n) is 8.96. The van der Waals surface area contributed by atoms with E-state index in [0.717, 1.165) is 37.0 Å². The van der Waals surface area contributed by atoms with Gasteiger partial charge in [-0.15, -0.1) is 0 Å². The Morgan fingerprint density at radius 2 is 1.73 bits per heavy atom. The molecule has 0 saturated heterocycles. The lowest BCUT2D eigenvalue weighted by Gasteiger charge is -2.63. The van der Waals surface area contributed by atoms with Crippen molar-refractivity contribution in [2.45, 2.75) is 117 Å². The molecule has 4 saturated carbocycles. The molecule has 3 nitrogen and oxygen atoms in total. The van der Waals surface area contributed by atoms with E-state index >= 15 is 0 Å². The van der Waals surface area contributed by atoms with E-state index in [-0.39, 0.29) is 23.2 Å². The highest BCUT2D eigenvalue weighted by atomic mass is 16.3. The van der Waals surface area contributed by atoms with Crippen LogP contribution in [-0.2, 0) is 4.79 Å². The van der Waals surface area contributed by atoms with Crippen LogP contribution in [-0.4, -0.2) is 27.7 Å². The van der Waals surface area contributed by atoms with Crippen LogP contribution in [0, 0.1) is 46.3 Å². The average molecular weight is 419 g/mol. The van der Waals surface area contributed by atoms with E-state index in [1.807, 2.05) is 0 Å². The highest BCUT2D eigenvalue weighted by Crippen LogP contribution is 2.68. The second-order valence-electron chi connectivity index (χ2n) is 12.8. The first-order chi connectivity index (χ1) is 14.0. The van der Waals surface area contributed by atoms with Crippen LogP contribution >= 0.6 is 0 Å². The van der Waals surface area contributed by atoms with Gasteiger partial charge >= 0.3 is 0 Å². The second kappa shape index (κ2) is 7.87. The maximum absolute atomic E-state index is 13.5. The molecule has 0 heterocycles. The van der Waals surface area contributed by atoms with Gasteiger partial charge in [-0.2, -0.15) is 0 Å². The van der Waals surface area contributed by atoms with E-state index in [2.05, 4.69) is 34.6 Å². The van der Waals surface area contributed by atoms with Crippen molar-refractivity contribution in [1.29, 1.82) is 0 Å². The Labute approximate surface area is 184 Å². The van der Waals surface area contributed by atoms with E-state index in [0.29, 0.717) is 24.0 Å². The van der Waals surface area contributed by atoms with Crippen LogP contribution in [0.5, 0.6) is 0 Å².